The van der Waals surface area contributed by atoms with Crippen molar-refractivity contribution in [2.45, 2.75) is 25.5 Å². The average Bonchev–Trinajstić information content (AvgIpc) is 3.34. The number of rotatable bonds is 5. The number of hydrogen-bond acceptors (Lipinski definition) is 7. The second-order valence-corrected chi connectivity index (χ2v) is 7.59. The SMILES string of the molecule is CCOc1cc(-c2ccc(N3CC[C@H](NCl)[C@H](O)C3)nc2)c2c3cn[nH]c3nn2c1. The Morgan fingerprint density at radius 1 is 1.37 bits per heavy atom. The number of aliphatic hydroxyl groups is 1. The van der Waals surface area contributed by atoms with Crippen molar-refractivity contribution in [2.75, 3.05) is 24.6 Å². The summed E-state index contributed by atoms with van der Waals surface area (Å²) < 4.78 is 7.56. The van der Waals surface area contributed by atoms with E-state index in [2.05, 4.69) is 30.0 Å². The van der Waals surface area contributed by atoms with Crippen LogP contribution in [0.1, 0.15) is 13.3 Å². The molecule has 0 unspecified atom stereocenters. The molecule has 1 fully saturated rings. The maximum absolute atomic E-state index is 10.2. The number of nitrogens with one attached hydrogen (secondary N) is 2. The van der Waals surface area contributed by atoms with Gasteiger partial charge in [0, 0.05) is 30.4 Å². The van der Waals surface area contributed by atoms with Crippen LogP contribution in [0.5, 0.6) is 5.75 Å². The van der Waals surface area contributed by atoms with Crippen LogP contribution in [0.25, 0.3) is 27.7 Å². The monoisotopic (exact) mass is 427 g/mol. The number of fused-ring (bicyclic) bond motifs is 3. The molecule has 9 nitrogen and oxygen atoms in total. The average molecular weight is 428 g/mol. The first-order valence-electron chi connectivity index (χ1n) is 9.91. The molecule has 0 spiro atoms. The van der Waals surface area contributed by atoms with E-state index in [0.717, 1.165) is 52.2 Å². The van der Waals surface area contributed by atoms with Crippen molar-refractivity contribution in [3.8, 4) is 16.9 Å². The highest BCUT2D eigenvalue weighted by Gasteiger charge is 2.27. The molecule has 4 aromatic heterocycles. The van der Waals surface area contributed by atoms with E-state index in [1.54, 1.807) is 6.20 Å². The van der Waals surface area contributed by atoms with Gasteiger partial charge in [0.25, 0.3) is 0 Å². The number of ether oxygens (including phenoxy) is 1. The number of piperidine rings is 1. The van der Waals surface area contributed by atoms with Crippen LogP contribution in [0.4, 0.5) is 5.82 Å². The molecule has 0 aliphatic carbocycles. The van der Waals surface area contributed by atoms with E-state index in [9.17, 15) is 5.11 Å². The molecule has 1 saturated heterocycles. The van der Waals surface area contributed by atoms with E-state index in [1.807, 2.05) is 42.0 Å². The summed E-state index contributed by atoms with van der Waals surface area (Å²) in [5.41, 5.74) is 3.58. The molecule has 0 radical (unpaired) electrons. The summed E-state index contributed by atoms with van der Waals surface area (Å²) in [5.74, 6) is 1.56. The molecule has 1 aliphatic rings. The maximum Gasteiger partial charge on any atom is 0.178 e. The number of aromatic nitrogens is 5. The Morgan fingerprint density at radius 3 is 3.00 bits per heavy atom. The van der Waals surface area contributed by atoms with E-state index in [4.69, 9.17) is 16.5 Å². The molecular formula is C20H22ClN7O2. The number of H-pyrrole nitrogens is 1. The third kappa shape index (κ3) is 3.24. The summed E-state index contributed by atoms with van der Waals surface area (Å²) in [6.45, 7) is 3.78. The fraction of sp³-hybridized carbons (Fsp3) is 0.350. The Bertz CT molecular complexity index is 1170. The molecule has 0 amide bonds. The number of hydrogen-bond donors (Lipinski definition) is 3. The fourth-order valence-corrected chi connectivity index (χ4v) is 4.26. The van der Waals surface area contributed by atoms with Crippen LogP contribution >= 0.6 is 11.8 Å². The van der Waals surface area contributed by atoms with Crippen LogP contribution in [0.3, 0.4) is 0 Å². The highest BCUT2D eigenvalue weighted by atomic mass is 35.5. The predicted molar refractivity (Wildman–Crippen MR) is 115 cm³/mol. The molecule has 156 valence electrons. The molecule has 3 N–H and O–H groups in total. The van der Waals surface area contributed by atoms with Crippen molar-refractivity contribution < 1.29 is 9.84 Å². The van der Waals surface area contributed by atoms with Crippen LogP contribution in [0, 0.1) is 0 Å². The highest BCUT2D eigenvalue weighted by molar-refractivity contribution is 6.13. The lowest BCUT2D eigenvalue weighted by Crippen LogP contribution is -2.50. The zero-order valence-corrected chi connectivity index (χ0v) is 17.2. The van der Waals surface area contributed by atoms with E-state index in [1.165, 1.54) is 0 Å². The highest BCUT2D eigenvalue weighted by Crippen LogP contribution is 2.33. The Labute approximate surface area is 177 Å². The molecule has 30 heavy (non-hydrogen) atoms. The zero-order valence-electron chi connectivity index (χ0n) is 16.4. The van der Waals surface area contributed by atoms with Crippen molar-refractivity contribution in [1.82, 2.24) is 29.6 Å². The van der Waals surface area contributed by atoms with Crippen LogP contribution in [-0.4, -0.2) is 61.7 Å². The van der Waals surface area contributed by atoms with E-state index in [0.29, 0.717) is 13.2 Å². The van der Waals surface area contributed by atoms with Crippen molar-refractivity contribution in [2.24, 2.45) is 0 Å². The third-order valence-electron chi connectivity index (χ3n) is 5.52. The molecular weight excluding hydrogens is 406 g/mol. The molecule has 5 heterocycles. The summed E-state index contributed by atoms with van der Waals surface area (Å²) in [7, 11) is 0. The van der Waals surface area contributed by atoms with Gasteiger partial charge in [-0.05, 0) is 43.3 Å². The van der Waals surface area contributed by atoms with Gasteiger partial charge in [0.15, 0.2) is 5.65 Å². The van der Waals surface area contributed by atoms with Gasteiger partial charge in [-0.1, -0.05) is 0 Å². The van der Waals surface area contributed by atoms with Gasteiger partial charge in [-0.25, -0.2) is 14.3 Å². The quantitative estimate of drug-likeness (QED) is 0.420. The molecule has 0 saturated carbocycles. The van der Waals surface area contributed by atoms with Crippen LogP contribution in [0.15, 0.2) is 36.8 Å². The normalized spacial score (nSPS) is 19.6. The van der Waals surface area contributed by atoms with Gasteiger partial charge in [0.05, 0.1) is 42.0 Å². The first-order chi connectivity index (χ1) is 14.7. The summed E-state index contributed by atoms with van der Waals surface area (Å²) in [5, 5.41) is 22.8. The molecule has 0 bridgehead atoms. The Balaban J connectivity index is 1.52. The molecule has 10 heteroatoms. The van der Waals surface area contributed by atoms with Crippen molar-refractivity contribution in [3.63, 3.8) is 0 Å². The molecule has 1 aliphatic heterocycles. The summed E-state index contributed by atoms with van der Waals surface area (Å²) in [6.07, 6.45) is 5.70. The van der Waals surface area contributed by atoms with Gasteiger partial charge in [-0.3, -0.25) is 5.10 Å². The third-order valence-corrected chi connectivity index (χ3v) is 5.80. The van der Waals surface area contributed by atoms with Crippen molar-refractivity contribution >= 4 is 34.1 Å². The molecule has 5 rings (SSSR count). The minimum absolute atomic E-state index is 0.101. The number of anilines is 1. The first kappa shape index (κ1) is 19.1. The summed E-state index contributed by atoms with van der Waals surface area (Å²) in [6, 6.07) is 5.91. The lowest BCUT2D eigenvalue weighted by atomic mass is 10.0. The van der Waals surface area contributed by atoms with E-state index >= 15 is 0 Å². The first-order valence-corrected chi connectivity index (χ1v) is 10.3. The van der Waals surface area contributed by atoms with Gasteiger partial charge < -0.3 is 14.7 Å². The minimum Gasteiger partial charge on any atom is -0.492 e. The van der Waals surface area contributed by atoms with Crippen LogP contribution < -0.4 is 14.5 Å². The summed E-state index contributed by atoms with van der Waals surface area (Å²) >= 11 is 5.70. The molecule has 0 aromatic carbocycles. The van der Waals surface area contributed by atoms with Crippen LogP contribution in [-0.2, 0) is 0 Å². The standard InChI is InChI=1S/C20H22ClN7O2/c1-2-30-13-7-14(19-15-9-23-25-20(15)26-28(19)10-13)12-3-4-18(22-8-12)27-6-5-16(24-21)17(29)11-27/h3-4,7-10,16-17,24,29H,2,5-6,11H2,1H3,(H,25,26)/t16-,17+/m0/s1. The van der Waals surface area contributed by atoms with Gasteiger partial charge in [0.2, 0.25) is 0 Å². The Kier molecular flexibility index (Phi) is 4.93. The van der Waals surface area contributed by atoms with Crippen molar-refractivity contribution in [1.29, 1.82) is 0 Å². The number of nitrogens with zero attached hydrogens (tertiary/aromatic N) is 5. The molecule has 4 aromatic rings. The second-order valence-electron chi connectivity index (χ2n) is 7.37. The van der Waals surface area contributed by atoms with E-state index in [-0.39, 0.29) is 6.04 Å². The number of aliphatic hydroxyl groups excluding tert-OH is 1. The lowest BCUT2D eigenvalue weighted by Gasteiger charge is -2.35. The lowest BCUT2D eigenvalue weighted by molar-refractivity contribution is 0.125. The van der Waals surface area contributed by atoms with Crippen molar-refractivity contribution in [3.05, 3.63) is 36.8 Å². The number of β-amino-alcohol motifs (C(OH)–C–C–N with tert-alkyl or cyclic N) is 1. The maximum atomic E-state index is 10.2. The largest absolute Gasteiger partial charge is 0.492 e. The smallest absolute Gasteiger partial charge is 0.178 e. The number of pyridine rings is 2. The summed E-state index contributed by atoms with van der Waals surface area (Å²) in [4.78, 5) is 9.38. The van der Waals surface area contributed by atoms with E-state index < -0.39 is 6.10 Å². The van der Waals surface area contributed by atoms with Gasteiger partial charge in [-0.15, -0.1) is 5.10 Å². The van der Waals surface area contributed by atoms with Gasteiger partial charge in [-0.2, -0.15) is 5.10 Å². The van der Waals surface area contributed by atoms with Gasteiger partial charge >= 0.3 is 0 Å². The minimum atomic E-state index is -0.540. The predicted octanol–water partition coefficient (Wildman–Crippen LogP) is 2.35. The van der Waals surface area contributed by atoms with Crippen LogP contribution in [0.2, 0.25) is 0 Å². The topological polar surface area (TPSA) is 104 Å². The Morgan fingerprint density at radius 2 is 2.27 bits per heavy atom. The fourth-order valence-electron chi connectivity index (χ4n) is 4.01. The second kappa shape index (κ2) is 7.75. The Hall–Kier alpha value is -2.88. The number of aromatic amines is 1. The zero-order chi connectivity index (χ0) is 20.7. The number of halogens is 1. The molecule has 2 atom stereocenters. The van der Waals surface area contributed by atoms with Gasteiger partial charge in [0.1, 0.15) is 11.6 Å².